The molecule has 1 heterocycles. The maximum absolute atomic E-state index is 12.0. The van der Waals surface area contributed by atoms with Gasteiger partial charge in [-0.2, -0.15) is 0 Å². The molecule has 110 valence electrons. The van der Waals surface area contributed by atoms with E-state index in [9.17, 15) is 4.79 Å². The summed E-state index contributed by atoms with van der Waals surface area (Å²) in [5, 5.41) is 0. The van der Waals surface area contributed by atoms with Crippen molar-refractivity contribution >= 4 is 5.97 Å². The van der Waals surface area contributed by atoms with Crippen LogP contribution in [-0.2, 0) is 20.9 Å². The molecule has 0 radical (unpaired) electrons. The van der Waals surface area contributed by atoms with Crippen LogP contribution in [0.25, 0.3) is 0 Å². The number of hydrogen-bond donors (Lipinski definition) is 0. The molecule has 1 aliphatic heterocycles. The second-order valence-electron chi connectivity index (χ2n) is 6.49. The Bertz CT molecular complexity index is 453. The summed E-state index contributed by atoms with van der Waals surface area (Å²) in [5.74, 6) is -0.186. The molecule has 1 atom stereocenters. The van der Waals surface area contributed by atoms with Crippen molar-refractivity contribution in [2.45, 2.75) is 64.3 Å². The summed E-state index contributed by atoms with van der Waals surface area (Å²) in [6.45, 7) is 6.51. The average Bonchev–Trinajstić information content (AvgIpc) is 2.35. The van der Waals surface area contributed by atoms with E-state index < -0.39 is 5.60 Å². The maximum atomic E-state index is 12.0. The van der Waals surface area contributed by atoms with Crippen molar-refractivity contribution in [2.24, 2.45) is 0 Å². The number of esters is 1. The zero-order valence-electron chi connectivity index (χ0n) is 12.6. The van der Waals surface area contributed by atoms with Crippen molar-refractivity contribution in [1.82, 2.24) is 0 Å². The Hall–Kier alpha value is -1.35. The van der Waals surface area contributed by atoms with Gasteiger partial charge in [-0.3, -0.25) is 4.79 Å². The molecule has 3 heteroatoms. The quantitative estimate of drug-likeness (QED) is 0.783. The van der Waals surface area contributed by atoms with Crippen molar-refractivity contribution in [3.05, 3.63) is 35.9 Å². The van der Waals surface area contributed by atoms with Gasteiger partial charge in [-0.1, -0.05) is 30.3 Å². The number of carbonyl (C=O) groups excluding carboxylic acids is 1. The van der Waals surface area contributed by atoms with Gasteiger partial charge in [0, 0.05) is 0 Å². The summed E-state index contributed by atoms with van der Waals surface area (Å²) in [5.41, 5.74) is 0.471. The molecular formula is C17H24O3. The number of hydrogen-bond acceptors (Lipinski definition) is 3. The van der Waals surface area contributed by atoms with Crippen LogP contribution in [0.1, 0.15) is 52.0 Å². The molecular weight excluding hydrogens is 252 g/mol. The lowest BCUT2D eigenvalue weighted by atomic mass is 9.86. The Morgan fingerprint density at radius 3 is 2.55 bits per heavy atom. The van der Waals surface area contributed by atoms with E-state index in [-0.39, 0.29) is 11.6 Å². The minimum atomic E-state index is -0.393. The molecule has 1 aromatic carbocycles. The molecule has 20 heavy (non-hydrogen) atoms. The van der Waals surface area contributed by atoms with Crippen LogP contribution in [0.5, 0.6) is 0 Å². The van der Waals surface area contributed by atoms with E-state index in [2.05, 4.69) is 13.8 Å². The normalized spacial score (nSPS) is 25.1. The fourth-order valence-corrected chi connectivity index (χ4v) is 2.88. The molecule has 0 N–H and O–H groups in total. The first-order valence-corrected chi connectivity index (χ1v) is 7.28. The van der Waals surface area contributed by atoms with Gasteiger partial charge in [-0.05, 0) is 45.6 Å². The van der Waals surface area contributed by atoms with Gasteiger partial charge in [0.25, 0.3) is 0 Å². The molecule has 0 bridgehead atoms. The summed E-state index contributed by atoms with van der Waals surface area (Å²) in [6.07, 6.45) is 3.37. The van der Waals surface area contributed by atoms with E-state index in [1.54, 1.807) is 0 Å². The minimum Gasteiger partial charge on any atom is -0.461 e. The van der Waals surface area contributed by atoms with Crippen LogP contribution in [0.15, 0.2) is 30.3 Å². The third-order valence-corrected chi connectivity index (χ3v) is 3.77. The number of rotatable bonds is 4. The van der Waals surface area contributed by atoms with Crippen molar-refractivity contribution in [2.75, 3.05) is 0 Å². The highest BCUT2D eigenvalue weighted by molar-refractivity contribution is 5.70. The van der Waals surface area contributed by atoms with Gasteiger partial charge in [0.1, 0.15) is 6.61 Å². The highest BCUT2D eigenvalue weighted by Gasteiger charge is 2.39. The van der Waals surface area contributed by atoms with Crippen LogP contribution in [0, 0.1) is 0 Å². The molecule has 1 unspecified atom stereocenters. The topological polar surface area (TPSA) is 35.5 Å². The first-order valence-electron chi connectivity index (χ1n) is 7.28. The van der Waals surface area contributed by atoms with Crippen molar-refractivity contribution in [3.8, 4) is 0 Å². The Morgan fingerprint density at radius 1 is 1.20 bits per heavy atom. The zero-order chi connectivity index (χ0) is 14.6. The first-order chi connectivity index (χ1) is 9.39. The summed E-state index contributed by atoms with van der Waals surface area (Å²) >= 11 is 0. The van der Waals surface area contributed by atoms with Gasteiger partial charge < -0.3 is 9.47 Å². The highest BCUT2D eigenvalue weighted by atomic mass is 16.5. The lowest BCUT2D eigenvalue weighted by Crippen LogP contribution is -2.44. The van der Waals surface area contributed by atoms with Crippen LogP contribution in [0.3, 0.4) is 0 Å². The molecule has 0 aliphatic carbocycles. The molecule has 0 saturated carbocycles. The highest BCUT2D eigenvalue weighted by Crippen LogP contribution is 2.37. The third-order valence-electron chi connectivity index (χ3n) is 3.77. The Balaban J connectivity index is 1.85. The van der Waals surface area contributed by atoms with Crippen molar-refractivity contribution < 1.29 is 14.3 Å². The fourth-order valence-electron chi connectivity index (χ4n) is 2.88. The smallest absolute Gasteiger partial charge is 0.309 e. The van der Waals surface area contributed by atoms with E-state index in [0.717, 1.165) is 24.8 Å². The Morgan fingerprint density at radius 2 is 1.90 bits per heavy atom. The first kappa shape index (κ1) is 15.0. The number of carbonyl (C=O) groups is 1. The minimum absolute atomic E-state index is 0.146. The lowest BCUT2D eigenvalue weighted by molar-refractivity contribution is -0.182. The van der Waals surface area contributed by atoms with E-state index in [1.807, 2.05) is 37.3 Å². The summed E-state index contributed by atoms with van der Waals surface area (Å²) in [6, 6.07) is 9.74. The Labute approximate surface area is 121 Å². The molecule has 0 aromatic heterocycles. The standard InChI is InChI=1S/C17H24O3/c1-16(2)10-7-11-17(3,20-16)12-15(18)19-13-14-8-5-4-6-9-14/h4-6,8-9H,7,10-13H2,1-3H3. The van der Waals surface area contributed by atoms with Crippen molar-refractivity contribution in [3.63, 3.8) is 0 Å². The summed E-state index contributed by atoms with van der Waals surface area (Å²) in [7, 11) is 0. The number of ether oxygens (including phenoxy) is 2. The van der Waals surface area contributed by atoms with Gasteiger partial charge in [-0.15, -0.1) is 0 Å². The monoisotopic (exact) mass is 276 g/mol. The lowest BCUT2D eigenvalue weighted by Gasteiger charge is -2.43. The summed E-state index contributed by atoms with van der Waals surface area (Å²) in [4.78, 5) is 12.0. The van der Waals surface area contributed by atoms with E-state index in [4.69, 9.17) is 9.47 Å². The molecule has 2 rings (SSSR count). The molecule has 1 aliphatic rings. The van der Waals surface area contributed by atoms with Gasteiger partial charge in [0.15, 0.2) is 0 Å². The molecule has 1 aromatic rings. The van der Waals surface area contributed by atoms with Gasteiger partial charge in [0.2, 0.25) is 0 Å². The zero-order valence-corrected chi connectivity index (χ0v) is 12.6. The fraction of sp³-hybridized carbons (Fsp3) is 0.588. The molecule has 1 saturated heterocycles. The van der Waals surface area contributed by atoms with Gasteiger partial charge >= 0.3 is 5.97 Å². The molecule has 3 nitrogen and oxygen atoms in total. The van der Waals surface area contributed by atoms with Crippen LogP contribution in [0.2, 0.25) is 0 Å². The molecule has 0 amide bonds. The third kappa shape index (κ3) is 4.34. The van der Waals surface area contributed by atoms with Crippen molar-refractivity contribution in [1.29, 1.82) is 0 Å². The predicted molar refractivity (Wildman–Crippen MR) is 78.3 cm³/mol. The number of benzene rings is 1. The van der Waals surface area contributed by atoms with Crippen LogP contribution in [-0.4, -0.2) is 17.2 Å². The van der Waals surface area contributed by atoms with Gasteiger partial charge in [0.05, 0.1) is 17.6 Å². The SMILES string of the molecule is CC1(C)CCCC(C)(CC(=O)OCc2ccccc2)O1. The second kappa shape index (κ2) is 5.96. The largest absolute Gasteiger partial charge is 0.461 e. The maximum Gasteiger partial charge on any atom is 0.309 e. The molecule has 0 spiro atoms. The average molecular weight is 276 g/mol. The second-order valence-corrected chi connectivity index (χ2v) is 6.49. The van der Waals surface area contributed by atoms with E-state index >= 15 is 0 Å². The van der Waals surface area contributed by atoms with E-state index in [0.29, 0.717) is 13.0 Å². The predicted octanol–water partition coefficient (Wildman–Crippen LogP) is 3.86. The van der Waals surface area contributed by atoms with Crippen LogP contribution in [0.4, 0.5) is 0 Å². The van der Waals surface area contributed by atoms with E-state index in [1.165, 1.54) is 0 Å². The van der Waals surface area contributed by atoms with Crippen LogP contribution < -0.4 is 0 Å². The van der Waals surface area contributed by atoms with Crippen LogP contribution >= 0.6 is 0 Å². The summed E-state index contributed by atoms with van der Waals surface area (Å²) < 4.78 is 11.4. The Kier molecular flexibility index (Phi) is 4.48. The van der Waals surface area contributed by atoms with Gasteiger partial charge in [-0.25, -0.2) is 0 Å². The molecule has 1 fully saturated rings.